The van der Waals surface area contributed by atoms with Crippen molar-refractivity contribution in [3.8, 4) is 0 Å². The second-order valence-electron chi connectivity index (χ2n) is 3.21. The second-order valence-corrected chi connectivity index (χ2v) is 3.21. The van der Waals surface area contributed by atoms with Gasteiger partial charge in [-0.3, -0.25) is 4.79 Å². The van der Waals surface area contributed by atoms with Gasteiger partial charge >= 0.3 is 0 Å². The number of Topliss-reactive ketones (excluding diaryl/α,β-unsaturated/α-hetero) is 1. The minimum absolute atomic E-state index is 0.0625. The van der Waals surface area contributed by atoms with Crippen LogP contribution in [-0.4, -0.2) is 19.0 Å². The normalized spacial score (nSPS) is 26.2. The van der Waals surface area contributed by atoms with Gasteiger partial charge in [0.2, 0.25) is 0 Å². The van der Waals surface area contributed by atoms with Gasteiger partial charge < -0.3 is 4.74 Å². The van der Waals surface area contributed by atoms with Crippen molar-refractivity contribution in [1.82, 2.24) is 0 Å². The van der Waals surface area contributed by atoms with Gasteiger partial charge in [0.05, 0.1) is 13.2 Å². The van der Waals surface area contributed by atoms with Crippen LogP contribution in [0.25, 0.3) is 0 Å². The highest BCUT2D eigenvalue weighted by Crippen LogP contribution is 2.26. The molecule has 2 heteroatoms. The largest absolute Gasteiger partial charge is 0.380 e. The van der Waals surface area contributed by atoms with Crippen molar-refractivity contribution in [3.05, 3.63) is 12.2 Å². The number of ketones is 1. The fourth-order valence-electron chi connectivity index (χ4n) is 1.44. The van der Waals surface area contributed by atoms with Gasteiger partial charge in [-0.05, 0) is 13.8 Å². The van der Waals surface area contributed by atoms with E-state index in [4.69, 9.17) is 4.74 Å². The van der Waals surface area contributed by atoms with Gasteiger partial charge in [-0.25, -0.2) is 0 Å². The van der Waals surface area contributed by atoms with E-state index in [-0.39, 0.29) is 17.6 Å². The summed E-state index contributed by atoms with van der Waals surface area (Å²) in [6, 6.07) is 0. The molecular formula is C11H20O2. The second kappa shape index (κ2) is 5.92. The molecule has 1 rings (SSSR count). The first kappa shape index (κ1) is 12.4. The minimum Gasteiger partial charge on any atom is -0.380 e. The summed E-state index contributed by atoms with van der Waals surface area (Å²) < 4.78 is 5.21. The average Bonchev–Trinajstić information content (AvgIpc) is 2.55. The first-order valence-electron chi connectivity index (χ1n) is 4.86. The monoisotopic (exact) mass is 184 g/mol. The van der Waals surface area contributed by atoms with Crippen LogP contribution in [0.2, 0.25) is 0 Å². The quantitative estimate of drug-likeness (QED) is 0.616. The van der Waals surface area contributed by atoms with Gasteiger partial charge in [0, 0.05) is 11.8 Å². The molecule has 1 fully saturated rings. The molecule has 0 saturated carbocycles. The Balaban J connectivity index is 0.000000671. The number of rotatable bonds is 2. The van der Waals surface area contributed by atoms with E-state index in [1.165, 1.54) is 0 Å². The fraction of sp³-hybridized carbons (Fsp3) is 0.727. The minimum atomic E-state index is 0.0625. The summed E-state index contributed by atoms with van der Waals surface area (Å²) in [5.41, 5.74) is 1.06. The molecule has 0 N–H and O–H groups in total. The zero-order valence-corrected chi connectivity index (χ0v) is 9.09. The number of hydrogen-bond donors (Lipinski definition) is 0. The van der Waals surface area contributed by atoms with Crippen molar-refractivity contribution in [2.45, 2.75) is 27.7 Å². The molecular weight excluding hydrogens is 164 g/mol. The predicted octanol–water partition coefficient (Wildman–Crippen LogP) is 2.44. The van der Waals surface area contributed by atoms with Crippen molar-refractivity contribution in [3.63, 3.8) is 0 Å². The van der Waals surface area contributed by atoms with Crippen LogP contribution in [0.15, 0.2) is 12.2 Å². The molecule has 0 aromatic rings. The molecule has 2 nitrogen and oxygen atoms in total. The van der Waals surface area contributed by atoms with Gasteiger partial charge in [0.15, 0.2) is 0 Å². The third-order valence-electron chi connectivity index (χ3n) is 2.24. The van der Waals surface area contributed by atoms with Crippen LogP contribution in [0.5, 0.6) is 0 Å². The SMILES string of the molecule is C=C(C)C1COCC1C(C)=O.CC. The highest BCUT2D eigenvalue weighted by atomic mass is 16.5. The maximum atomic E-state index is 11.0. The Hall–Kier alpha value is -0.630. The molecule has 0 spiro atoms. The first-order valence-corrected chi connectivity index (χ1v) is 4.86. The smallest absolute Gasteiger partial charge is 0.135 e. The molecule has 1 heterocycles. The molecule has 0 amide bonds. The molecule has 0 aromatic heterocycles. The lowest BCUT2D eigenvalue weighted by atomic mass is 9.88. The van der Waals surface area contributed by atoms with Crippen LogP contribution in [0.1, 0.15) is 27.7 Å². The summed E-state index contributed by atoms with van der Waals surface area (Å²) >= 11 is 0. The molecule has 0 bridgehead atoms. The lowest BCUT2D eigenvalue weighted by molar-refractivity contribution is -0.121. The Kier molecular flexibility index (Phi) is 5.63. The van der Waals surface area contributed by atoms with Gasteiger partial charge in [-0.2, -0.15) is 0 Å². The number of hydrogen-bond acceptors (Lipinski definition) is 2. The Labute approximate surface area is 81.0 Å². The Morgan fingerprint density at radius 2 is 1.69 bits per heavy atom. The lowest BCUT2D eigenvalue weighted by Crippen LogP contribution is -2.20. The maximum Gasteiger partial charge on any atom is 0.135 e. The average molecular weight is 184 g/mol. The Morgan fingerprint density at radius 3 is 2.00 bits per heavy atom. The number of ether oxygens (including phenoxy) is 1. The summed E-state index contributed by atoms with van der Waals surface area (Å²) in [4.78, 5) is 11.0. The van der Waals surface area contributed by atoms with Crippen molar-refractivity contribution in [2.24, 2.45) is 11.8 Å². The third kappa shape index (κ3) is 3.31. The molecule has 76 valence electrons. The highest BCUT2D eigenvalue weighted by Gasteiger charge is 2.31. The van der Waals surface area contributed by atoms with E-state index < -0.39 is 0 Å². The van der Waals surface area contributed by atoms with Gasteiger partial charge in [-0.15, -0.1) is 0 Å². The number of carbonyl (C=O) groups excluding carboxylic acids is 1. The summed E-state index contributed by atoms with van der Waals surface area (Å²) in [6.07, 6.45) is 0. The molecule has 0 aromatic carbocycles. The van der Waals surface area contributed by atoms with E-state index >= 15 is 0 Å². The van der Waals surface area contributed by atoms with Crippen LogP contribution in [0.4, 0.5) is 0 Å². The van der Waals surface area contributed by atoms with E-state index in [9.17, 15) is 4.79 Å². The van der Waals surface area contributed by atoms with E-state index in [0.717, 1.165) is 5.57 Å². The van der Waals surface area contributed by atoms with Crippen LogP contribution < -0.4 is 0 Å². The van der Waals surface area contributed by atoms with E-state index in [0.29, 0.717) is 13.2 Å². The van der Waals surface area contributed by atoms with Crippen molar-refractivity contribution >= 4 is 5.78 Å². The summed E-state index contributed by atoms with van der Waals surface area (Å²) in [5, 5.41) is 0. The molecule has 1 aliphatic rings. The van der Waals surface area contributed by atoms with Crippen molar-refractivity contribution in [2.75, 3.05) is 13.2 Å². The Bertz CT molecular complexity index is 165. The van der Waals surface area contributed by atoms with E-state index in [1.54, 1.807) is 6.92 Å². The summed E-state index contributed by atoms with van der Waals surface area (Å²) in [7, 11) is 0. The molecule has 0 aliphatic carbocycles. The van der Waals surface area contributed by atoms with Gasteiger partial charge in [0.25, 0.3) is 0 Å². The van der Waals surface area contributed by atoms with Crippen LogP contribution >= 0.6 is 0 Å². The lowest BCUT2D eigenvalue weighted by Gasteiger charge is -2.13. The Morgan fingerprint density at radius 1 is 1.23 bits per heavy atom. The number of carbonyl (C=O) groups is 1. The molecule has 2 unspecified atom stereocenters. The molecule has 0 radical (unpaired) electrons. The third-order valence-corrected chi connectivity index (χ3v) is 2.24. The van der Waals surface area contributed by atoms with Gasteiger partial charge in [0.1, 0.15) is 5.78 Å². The molecule has 1 aliphatic heterocycles. The van der Waals surface area contributed by atoms with Crippen molar-refractivity contribution < 1.29 is 9.53 Å². The first-order chi connectivity index (χ1) is 6.13. The zero-order chi connectivity index (χ0) is 10.4. The molecule has 1 saturated heterocycles. The van der Waals surface area contributed by atoms with Gasteiger partial charge in [-0.1, -0.05) is 26.0 Å². The van der Waals surface area contributed by atoms with Crippen molar-refractivity contribution in [1.29, 1.82) is 0 Å². The summed E-state index contributed by atoms with van der Waals surface area (Å²) in [6.45, 7) is 12.7. The van der Waals surface area contributed by atoms with E-state index in [1.807, 2.05) is 20.8 Å². The fourth-order valence-corrected chi connectivity index (χ4v) is 1.44. The van der Waals surface area contributed by atoms with Crippen LogP contribution in [-0.2, 0) is 9.53 Å². The molecule has 13 heavy (non-hydrogen) atoms. The van der Waals surface area contributed by atoms with Crippen LogP contribution in [0, 0.1) is 11.8 Å². The topological polar surface area (TPSA) is 26.3 Å². The molecule has 2 atom stereocenters. The maximum absolute atomic E-state index is 11.0. The van der Waals surface area contributed by atoms with Crippen LogP contribution in [0.3, 0.4) is 0 Å². The summed E-state index contributed by atoms with van der Waals surface area (Å²) in [5.74, 6) is 0.537. The zero-order valence-electron chi connectivity index (χ0n) is 9.09. The predicted molar refractivity (Wildman–Crippen MR) is 54.6 cm³/mol. The highest BCUT2D eigenvalue weighted by molar-refractivity contribution is 5.79. The standard InChI is InChI=1S/C9H14O2.C2H6/c1-6(2)8-4-11-5-9(8)7(3)10;1-2/h8-9H,1,4-5H2,2-3H3;1-2H3. The van der Waals surface area contributed by atoms with E-state index in [2.05, 4.69) is 6.58 Å².